The van der Waals surface area contributed by atoms with Crippen LogP contribution in [0.2, 0.25) is 0 Å². The number of hydrogen-bond donors (Lipinski definition) is 0. The van der Waals surface area contributed by atoms with Gasteiger partial charge in [-0.2, -0.15) is 0 Å². The van der Waals surface area contributed by atoms with Crippen molar-refractivity contribution in [2.75, 3.05) is 34.3 Å². The second-order valence-electron chi connectivity index (χ2n) is 5.63. The van der Waals surface area contributed by atoms with Crippen molar-refractivity contribution < 1.29 is 23.5 Å². The SMILES string of the molecule is CC(=O)OCc1ccc(C(=O)OCC[N+](C)(C)C)cc1. The number of quaternary nitrogens is 1. The predicted octanol–water partition coefficient (Wildman–Crippen LogP) is 1.61. The average Bonchev–Trinajstić information content (AvgIpc) is 2.35. The smallest absolute Gasteiger partial charge is 0.338 e. The minimum absolute atomic E-state index is 0.214. The molecule has 0 saturated heterocycles. The Morgan fingerprint density at radius 1 is 1.05 bits per heavy atom. The molecule has 5 heteroatoms. The molecular weight excluding hydrogens is 258 g/mol. The summed E-state index contributed by atoms with van der Waals surface area (Å²) in [5.41, 5.74) is 1.33. The van der Waals surface area contributed by atoms with E-state index in [2.05, 4.69) is 0 Å². The molecular formula is C15H22NO4+. The minimum atomic E-state index is -0.336. The van der Waals surface area contributed by atoms with Crippen molar-refractivity contribution in [2.24, 2.45) is 0 Å². The van der Waals surface area contributed by atoms with Crippen LogP contribution in [0.4, 0.5) is 0 Å². The Hall–Kier alpha value is -1.88. The van der Waals surface area contributed by atoms with E-state index in [9.17, 15) is 9.59 Å². The van der Waals surface area contributed by atoms with Crippen LogP contribution in [0.3, 0.4) is 0 Å². The zero-order chi connectivity index (χ0) is 15.2. The first-order valence-corrected chi connectivity index (χ1v) is 6.48. The van der Waals surface area contributed by atoms with Gasteiger partial charge in [-0.05, 0) is 17.7 Å². The summed E-state index contributed by atoms with van der Waals surface area (Å²) in [5.74, 6) is -0.661. The quantitative estimate of drug-likeness (QED) is 0.587. The van der Waals surface area contributed by atoms with E-state index in [1.807, 2.05) is 21.1 Å². The van der Waals surface area contributed by atoms with Crippen molar-refractivity contribution in [1.82, 2.24) is 0 Å². The Kier molecular flexibility index (Phi) is 5.70. The molecule has 1 aromatic rings. The standard InChI is InChI=1S/C15H22NO4/c1-12(17)20-11-13-5-7-14(8-6-13)15(18)19-10-9-16(2,3)4/h5-8H,9-11H2,1-4H3/q+1. The number of carbonyl (C=O) groups is 2. The van der Waals surface area contributed by atoms with E-state index < -0.39 is 0 Å². The van der Waals surface area contributed by atoms with Crippen LogP contribution in [0.25, 0.3) is 0 Å². The van der Waals surface area contributed by atoms with E-state index in [0.29, 0.717) is 12.2 Å². The van der Waals surface area contributed by atoms with Crippen LogP contribution in [0.1, 0.15) is 22.8 Å². The summed E-state index contributed by atoms with van der Waals surface area (Å²) in [6.07, 6.45) is 0. The molecule has 0 saturated carbocycles. The van der Waals surface area contributed by atoms with E-state index in [1.165, 1.54) is 6.92 Å². The molecule has 0 bridgehead atoms. The van der Waals surface area contributed by atoms with Crippen LogP contribution in [-0.4, -0.2) is 50.7 Å². The predicted molar refractivity (Wildman–Crippen MR) is 75.1 cm³/mol. The Morgan fingerprint density at radius 2 is 1.65 bits per heavy atom. The molecule has 0 aliphatic rings. The highest BCUT2D eigenvalue weighted by Gasteiger charge is 2.11. The third-order valence-electron chi connectivity index (χ3n) is 2.63. The van der Waals surface area contributed by atoms with Crippen molar-refractivity contribution in [1.29, 1.82) is 0 Å². The molecule has 0 aliphatic carbocycles. The molecule has 0 heterocycles. The maximum absolute atomic E-state index is 11.8. The zero-order valence-electron chi connectivity index (χ0n) is 12.5. The Bertz CT molecular complexity index is 460. The first kappa shape index (κ1) is 16.2. The molecule has 0 spiro atoms. The molecule has 0 amide bonds. The van der Waals surface area contributed by atoms with E-state index >= 15 is 0 Å². The maximum Gasteiger partial charge on any atom is 0.338 e. The summed E-state index contributed by atoms with van der Waals surface area (Å²) in [4.78, 5) is 22.5. The minimum Gasteiger partial charge on any atom is -0.461 e. The lowest BCUT2D eigenvalue weighted by atomic mass is 10.1. The Morgan fingerprint density at radius 3 is 2.15 bits per heavy atom. The van der Waals surface area contributed by atoms with E-state index in [1.54, 1.807) is 24.3 Å². The fourth-order valence-corrected chi connectivity index (χ4v) is 1.42. The Balaban J connectivity index is 2.47. The van der Waals surface area contributed by atoms with E-state index in [-0.39, 0.29) is 18.5 Å². The van der Waals surface area contributed by atoms with Gasteiger partial charge in [0.25, 0.3) is 0 Å². The summed E-state index contributed by atoms with van der Waals surface area (Å²) in [6.45, 7) is 2.72. The van der Waals surface area contributed by atoms with Gasteiger partial charge in [0.15, 0.2) is 0 Å². The number of hydrogen-bond acceptors (Lipinski definition) is 4. The van der Waals surface area contributed by atoms with E-state index in [4.69, 9.17) is 9.47 Å². The molecule has 0 radical (unpaired) electrons. The van der Waals surface area contributed by atoms with Crippen molar-refractivity contribution in [3.05, 3.63) is 35.4 Å². The third kappa shape index (κ3) is 6.33. The molecule has 0 atom stereocenters. The lowest BCUT2D eigenvalue weighted by molar-refractivity contribution is -0.870. The van der Waals surface area contributed by atoms with Crippen molar-refractivity contribution in [3.63, 3.8) is 0 Å². The molecule has 0 fully saturated rings. The number of ether oxygens (including phenoxy) is 2. The van der Waals surface area contributed by atoms with Gasteiger partial charge in [0, 0.05) is 6.92 Å². The van der Waals surface area contributed by atoms with Crippen LogP contribution in [0, 0.1) is 0 Å². The number of likely N-dealkylation sites (N-methyl/N-ethyl adjacent to an activating group) is 1. The molecule has 110 valence electrons. The molecule has 0 unspecified atom stereocenters. The van der Waals surface area contributed by atoms with Crippen LogP contribution in [0.15, 0.2) is 24.3 Å². The van der Waals surface area contributed by atoms with Gasteiger partial charge < -0.3 is 14.0 Å². The average molecular weight is 280 g/mol. The van der Waals surface area contributed by atoms with Gasteiger partial charge in [-0.15, -0.1) is 0 Å². The normalized spacial score (nSPS) is 11.0. The van der Waals surface area contributed by atoms with Crippen LogP contribution < -0.4 is 0 Å². The summed E-state index contributed by atoms with van der Waals surface area (Å²) in [7, 11) is 6.12. The molecule has 0 aromatic heterocycles. The summed E-state index contributed by atoms with van der Waals surface area (Å²) in [5, 5.41) is 0. The summed E-state index contributed by atoms with van der Waals surface area (Å²) in [6, 6.07) is 6.85. The topological polar surface area (TPSA) is 52.6 Å². The van der Waals surface area contributed by atoms with Gasteiger partial charge in [-0.3, -0.25) is 4.79 Å². The first-order valence-electron chi connectivity index (χ1n) is 6.48. The van der Waals surface area contributed by atoms with Crippen molar-refractivity contribution in [3.8, 4) is 0 Å². The summed E-state index contributed by atoms with van der Waals surface area (Å²) >= 11 is 0. The molecule has 1 aromatic carbocycles. The highest BCUT2D eigenvalue weighted by atomic mass is 16.5. The Labute approximate surface area is 119 Å². The fourth-order valence-electron chi connectivity index (χ4n) is 1.42. The maximum atomic E-state index is 11.8. The fraction of sp³-hybridized carbons (Fsp3) is 0.467. The van der Waals surface area contributed by atoms with Crippen LogP contribution >= 0.6 is 0 Å². The number of carbonyl (C=O) groups excluding carboxylic acids is 2. The molecule has 5 nitrogen and oxygen atoms in total. The number of nitrogens with zero attached hydrogens (tertiary/aromatic N) is 1. The largest absolute Gasteiger partial charge is 0.461 e. The van der Waals surface area contributed by atoms with E-state index in [0.717, 1.165) is 16.6 Å². The van der Waals surface area contributed by atoms with Crippen LogP contribution in [0.5, 0.6) is 0 Å². The van der Waals surface area contributed by atoms with Gasteiger partial charge in [-0.1, -0.05) is 12.1 Å². The molecule has 0 aliphatic heterocycles. The van der Waals surface area contributed by atoms with Crippen LogP contribution in [-0.2, 0) is 20.9 Å². The third-order valence-corrected chi connectivity index (χ3v) is 2.63. The van der Waals surface area contributed by atoms with Crippen molar-refractivity contribution >= 4 is 11.9 Å². The van der Waals surface area contributed by atoms with Gasteiger partial charge in [0.05, 0.1) is 26.7 Å². The molecule has 1 rings (SSSR count). The number of esters is 2. The second-order valence-corrected chi connectivity index (χ2v) is 5.63. The number of rotatable bonds is 6. The van der Waals surface area contributed by atoms with Gasteiger partial charge in [0.2, 0.25) is 0 Å². The highest BCUT2D eigenvalue weighted by Crippen LogP contribution is 2.07. The van der Waals surface area contributed by atoms with Gasteiger partial charge >= 0.3 is 11.9 Å². The monoisotopic (exact) mass is 280 g/mol. The van der Waals surface area contributed by atoms with Gasteiger partial charge in [0.1, 0.15) is 19.8 Å². The zero-order valence-corrected chi connectivity index (χ0v) is 12.5. The van der Waals surface area contributed by atoms with Crippen molar-refractivity contribution in [2.45, 2.75) is 13.5 Å². The highest BCUT2D eigenvalue weighted by molar-refractivity contribution is 5.89. The molecule has 0 N–H and O–H groups in total. The lowest BCUT2D eigenvalue weighted by Gasteiger charge is -2.23. The summed E-state index contributed by atoms with van der Waals surface area (Å²) < 4.78 is 10.8. The number of benzene rings is 1. The second kappa shape index (κ2) is 7.05. The van der Waals surface area contributed by atoms with Gasteiger partial charge in [-0.25, -0.2) is 4.79 Å². The molecule has 20 heavy (non-hydrogen) atoms. The lowest BCUT2D eigenvalue weighted by Crippen LogP contribution is -2.38. The first-order chi connectivity index (χ1) is 9.28.